The van der Waals surface area contributed by atoms with Gasteiger partial charge in [0.2, 0.25) is 0 Å². The molecule has 0 unspecified atom stereocenters. The Morgan fingerprint density at radius 2 is 0.913 bits per heavy atom. The summed E-state index contributed by atoms with van der Waals surface area (Å²) in [5.74, 6) is 0. The largest absolute Gasteiger partial charge is 2.00 e. The van der Waals surface area contributed by atoms with Crippen LogP contribution in [0.3, 0.4) is 0 Å². The molecule has 0 saturated carbocycles. The Hall–Kier alpha value is -1.21. The van der Waals surface area contributed by atoms with E-state index in [1.165, 1.54) is 9.79 Å². The molecule has 0 bridgehead atoms. The van der Waals surface area contributed by atoms with Gasteiger partial charge in [-0.05, 0) is 0 Å². The molecule has 0 aliphatic rings. The van der Waals surface area contributed by atoms with Gasteiger partial charge in [-0.15, -0.1) is 21.6 Å². The van der Waals surface area contributed by atoms with Crippen molar-refractivity contribution >= 4 is 11.8 Å². The zero-order valence-electron chi connectivity index (χ0n) is 12.5. The summed E-state index contributed by atoms with van der Waals surface area (Å²) in [6.07, 6.45) is 0. The van der Waals surface area contributed by atoms with Gasteiger partial charge in [-0.3, -0.25) is 0 Å². The van der Waals surface area contributed by atoms with Gasteiger partial charge in [-0.25, -0.2) is 48.5 Å². The van der Waals surface area contributed by atoms with Crippen molar-refractivity contribution < 1.29 is 34.1 Å². The van der Waals surface area contributed by atoms with E-state index >= 15 is 0 Å². The predicted molar refractivity (Wildman–Crippen MR) is 92.3 cm³/mol. The van der Waals surface area contributed by atoms with Gasteiger partial charge in [-0.1, -0.05) is 0 Å². The van der Waals surface area contributed by atoms with Crippen LogP contribution in [0.5, 0.6) is 0 Å². The van der Waals surface area contributed by atoms with Crippen LogP contribution in [-0.2, 0) is 34.1 Å². The zero-order valence-corrected chi connectivity index (χ0v) is 15.5. The molecule has 0 spiro atoms. The Bertz CT molecular complexity index is 525. The first kappa shape index (κ1) is 21.8. The van der Waals surface area contributed by atoms with Crippen molar-refractivity contribution in [2.75, 3.05) is 0 Å². The van der Waals surface area contributed by atoms with Crippen molar-refractivity contribution in [3.05, 3.63) is 109 Å². The van der Waals surface area contributed by atoms with Crippen molar-refractivity contribution in [3.63, 3.8) is 0 Å². The molecule has 0 radical (unpaired) electrons. The molecule has 0 aliphatic carbocycles. The molecular formula is C20H18Fe2S. The van der Waals surface area contributed by atoms with Gasteiger partial charge in [0.05, 0.1) is 0 Å². The normalized spacial score (nSPS) is 8.35. The second-order valence-electron chi connectivity index (χ2n) is 4.27. The predicted octanol–water partition coefficient (Wildman–Crippen LogP) is 6.08. The number of rotatable bonds is 2. The van der Waals surface area contributed by atoms with Gasteiger partial charge < -0.3 is 0 Å². The van der Waals surface area contributed by atoms with Crippen molar-refractivity contribution in [1.29, 1.82) is 0 Å². The molecule has 0 nitrogen and oxygen atoms in total. The minimum absolute atomic E-state index is 0. The minimum atomic E-state index is 0. The standard InChI is InChI=1S/C10H8S.2C5H5.2Fe/c1-2-6-9(5-1)11-10-7-3-4-8-10;2*1-2-4-5-3-1;;/h1-8H;2*1-5H;;/q-2;2*-1;2*+2. The molecule has 0 aromatic heterocycles. The number of hydrogen-bond donors (Lipinski definition) is 0. The molecule has 0 fully saturated rings. The van der Waals surface area contributed by atoms with E-state index in [9.17, 15) is 0 Å². The van der Waals surface area contributed by atoms with Crippen LogP contribution < -0.4 is 0 Å². The fourth-order valence-corrected chi connectivity index (χ4v) is 2.48. The van der Waals surface area contributed by atoms with E-state index in [4.69, 9.17) is 0 Å². The summed E-state index contributed by atoms with van der Waals surface area (Å²) in [5, 5.41) is 0. The van der Waals surface area contributed by atoms with Crippen molar-refractivity contribution in [3.8, 4) is 0 Å². The van der Waals surface area contributed by atoms with Crippen LogP contribution in [0.15, 0.2) is 119 Å². The van der Waals surface area contributed by atoms with E-state index in [2.05, 4.69) is 48.5 Å². The molecule has 120 valence electrons. The fourth-order valence-electron chi connectivity index (χ4n) is 1.63. The summed E-state index contributed by atoms with van der Waals surface area (Å²) >= 11 is 1.80. The van der Waals surface area contributed by atoms with Crippen LogP contribution in [0.1, 0.15) is 0 Å². The van der Waals surface area contributed by atoms with Gasteiger partial charge in [0, 0.05) is 0 Å². The van der Waals surface area contributed by atoms with Gasteiger partial charge in [0.1, 0.15) is 0 Å². The molecule has 0 amide bonds. The monoisotopic (exact) mass is 402 g/mol. The molecule has 0 atom stereocenters. The maximum absolute atomic E-state index is 2.12. The van der Waals surface area contributed by atoms with Crippen LogP contribution >= 0.6 is 11.8 Å². The van der Waals surface area contributed by atoms with E-state index in [1.807, 2.05) is 60.7 Å². The number of hydrogen-bond acceptors (Lipinski definition) is 1. The van der Waals surface area contributed by atoms with Crippen LogP contribution in [0, 0.1) is 0 Å². The Balaban J connectivity index is 0.000000342. The van der Waals surface area contributed by atoms with Crippen LogP contribution in [-0.4, -0.2) is 0 Å². The average molecular weight is 402 g/mol. The molecule has 4 aromatic rings. The van der Waals surface area contributed by atoms with Gasteiger partial charge in [0.25, 0.3) is 0 Å². The van der Waals surface area contributed by atoms with E-state index < -0.39 is 0 Å². The van der Waals surface area contributed by atoms with Crippen molar-refractivity contribution in [2.45, 2.75) is 9.79 Å². The Kier molecular flexibility index (Phi) is 13.6. The first-order valence-corrected chi connectivity index (χ1v) is 7.71. The molecular weight excluding hydrogens is 384 g/mol. The van der Waals surface area contributed by atoms with Crippen LogP contribution in [0.25, 0.3) is 0 Å². The van der Waals surface area contributed by atoms with E-state index in [0.717, 1.165) is 0 Å². The first-order valence-electron chi connectivity index (χ1n) is 6.90. The summed E-state index contributed by atoms with van der Waals surface area (Å²) in [4.78, 5) is 2.63. The molecule has 4 rings (SSSR count). The fraction of sp³-hybridized carbons (Fsp3) is 0. The van der Waals surface area contributed by atoms with Gasteiger partial charge in [-0.2, -0.15) is 60.7 Å². The molecule has 3 heteroatoms. The molecule has 0 saturated heterocycles. The maximum atomic E-state index is 2.12. The summed E-state index contributed by atoms with van der Waals surface area (Å²) in [5.41, 5.74) is 0. The third-order valence-corrected chi connectivity index (χ3v) is 3.63. The summed E-state index contributed by atoms with van der Waals surface area (Å²) in [6.45, 7) is 0. The van der Waals surface area contributed by atoms with Gasteiger partial charge >= 0.3 is 34.1 Å². The molecule has 0 heterocycles. The Morgan fingerprint density at radius 3 is 1.13 bits per heavy atom. The Labute approximate surface area is 164 Å². The van der Waals surface area contributed by atoms with Crippen molar-refractivity contribution in [2.24, 2.45) is 0 Å². The minimum Gasteiger partial charge on any atom is -0.214 e. The molecule has 4 aromatic carbocycles. The van der Waals surface area contributed by atoms with E-state index in [1.54, 1.807) is 11.8 Å². The van der Waals surface area contributed by atoms with Crippen LogP contribution in [0.4, 0.5) is 0 Å². The quantitative estimate of drug-likeness (QED) is 0.289. The summed E-state index contributed by atoms with van der Waals surface area (Å²) < 4.78 is 0. The second kappa shape index (κ2) is 14.4. The molecule has 0 N–H and O–H groups in total. The van der Waals surface area contributed by atoms with E-state index in [-0.39, 0.29) is 34.1 Å². The van der Waals surface area contributed by atoms with Crippen LogP contribution in [0.2, 0.25) is 0 Å². The molecule has 0 aliphatic heterocycles. The SMILES string of the molecule is [Fe+2].[Fe+2].c1c[cH-]c(Sc2ccc[cH-]2)c1.c1cc[cH-]c1.c1cc[cH-]c1. The molecule has 23 heavy (non-hydrogen) atoms. The zero-order chi connectivity index (χ0) is 14.6. The third-order valence-electron chi connectivity index (χ3n) is 2.61. The second-order valence-corrected chi connectivity index (χ2v) is 5.41. The Morgan fingerprint density at radius 1 is 0.522 bits per heavy atom. The maximum Gasteiger partial charge on any atom is 2.00 e. The third kappa shape index (κ3) is 10.2. The topological polar surface area (TPSA) is 0 Å². The van der Waals surface area contributed by atoms with E-state index in [0.29, 0.717) is 0 Å². The van der Waals surface area contributed by atoms with Gasteiger partial charge in [0.15, 0.2) is 0 Å². The first-order chi connectivity index (χ1) is 10.4. The smallest absolute Gasteiger partial charge is 0.214 e. The van der Waals surface area contributed by atoms with Crippen molar-refractivity contribution in [1.82, 2.24) is 0 Å². The summed E-state index contributed by atoms with van der Waals surface area (Å²) in [7, 11) is 0. The summed E-state index contributed by atoms with van der Waals surface area (Å²) in [6, 6.07) is 36.7. The average Bonchev–Trinajstić information content (AvgIpc) is 3.30.